The van der Waals surface area contributed by atoms with E-state index in [2.05, 4.69) is 16.4 Å². The summed E-state index contributed by atoms with van der Waals surface area (Å²) < 4.78 is 5.52. The van der Waals surface area contributed by atoms with Crippen LogP contribution in [0.4, 0.5) is 0 Å². The van der Waals surface area contributed by atoms with E-state index in [9.17, 15) is 9.90 Å². The first-order chi connectivity index (χ1) is 12.9. The molecule has 0 aliphatic heterocycles. The van der Waals surface area contributed by atoms with Crippen molar-refractivity contribution in [3.63, 3.8) is 0 Å². The molecule has 3 N–H and O–H groups in total. The van der Waals surface area contributed by atoms with Gasteiger partial charge in [-0.25, -0.2) is 0 Å². The average Bonchev–Trinajstić information content (AvgIpc) is 2.62. The lowest BCUT2D eigenvalue weighted by Crippen LogP contribution is -2.32. The zero-order valence-electron chi connectivity index (χ0n) is 15.4. The van der Waals surface area contributed by atoms with Gasteiger partial charge in [0.1, 0.15) is 18.5 Å². The molecule has 3 rings (SSSR count). The number of aliphatic hydroxyl groups excluding tert-OH is 1. The molecule has 0 spiro atoms. The van der Waals surface area contributed by atoms with E-state index in [1.165, 1.54) is 0 Å². The molecule has 0 aliphatic carbocycles. The van der Waals surface area contributed by atoms with Crippen LogP contribution < -0.4 is 15.6 Å². The van der Waals surface area contributed by atoms with Crippen molar-refractivity contribution in [2.75, 3.05) is 13.2 Å². The summed E-state index contributed by atoms with van der Waals surface area (Å²) in [6, 6.07) is 13.0. The van der Waals surface area contributed by atoms with Crippen LogP contribution in [0.15, 0.2) is 47.3 Å². The maximum atomic E-state index is 12.3. The Morgan fingerprint density at radius 1 is 1.19 bits per heavy atom. The number of ether oxygens (including phenoxy) is 1. The highest BCUT2D eigenvalue weighted by atomic mass is 35.5. The number of fused-ring (bicyclic) bond motifs is 1. The van der Waals surface area contributed by atoms with Crippen LogP contribution in [-0.2, 0) is 6.54 Å². The van der Waals surface area contributed by atoms with Crippen LogP contribution in [0.25, 0.3) is 10.9 Å². The molecule has 0 fully saturated rings. The van der Waals surface area contributed by atoms with Crippen molar-refractivity contribution in [1.29, 1.82) is 0 Å². The Morgan fingerprint density at radius 3 is 2.67 bits per heavy atom. The third kappa shape index (κ3) is 5.10. The number of hydrogen-bond donors (Lipinski definition) is 3. The molecule has 0 saturated heterocycles. The van der Waals surface area contributed by atoms with Crippen LogP contribution >= 0.6 is 11.6 Å². The number of aromatic amines is 1. The second-order valence-electron chi connectivity index (χ2n) is 6.72. The van der Waals surface area contributed by atoms with Crippen molar-refractivity contribution in [2.24, 2.45) is 0 Å². The topological polar surface area (TPSA) is 74.4 Å². The van der Waals surface area contributed by atoms with Crippen LogP contribution in [-0.4, -0.2) is 29.3 Å². The largest absolute Gasteiger partial charge is 0.491 e. The van der Waals surface area contributed by atoms with Crippen molar-refractivity contribution in [3.8, 4) is 5.75 Å². The zero-order valence-corrected chi connectivity index (χ0v) is 16.1. The molecule has 27 heavy (non-hydrogen) atoms. The van der Waals surface area contributed by atoms with E-state index in [0.717, 1.165) is 22.0 Å². The number of aliphatic hydroxyl groups is 1. The first-order valence-electron chi connectivity index (χ1n) is 8.82. The van der Waals surface area contributed by atoms with E-state index < -0.39 is 6.10 Å². The van der Waals surface area contributed by atoms with Gasteiger partial charge < -0.3 is 20.1 Å². The second kappa shape index (κ2) is 8.57. The van der Waals surface area contributed by atoms with Gasteiger partial charge in [0.25, 0.3) is 5.56 Å². The van der Waals surface area contributed by atoms with Gasteiger partial charge in [0.05, 0.1) is 5.52 Å². The van der Waals surface area contributed by atoms with Crippen molar-refractivity contribution in [2.45, 2.75) is 26.5 Å². The Labute approximate surface area is 163 Å². The molecule has 0 radical (unpaired) electrons. The molecule has 142 valence electrons. The monoisotopic (exact) mass is 386 g/mol. The van der Waals surface area contributed by atoms with Crippen molar-refractivity contribution < 1.29 is 9.84 Å². The van der Waals surface area contributed by atoms with Gasteiger partial charge in [-0.05, 0) is 61.2 Å². The fourth-order valence-electron chi connectivity index (χ4n) is 3.02. The summed E-state index contributed by atoms with van der Waals surface area (Å²) in [5.74, 6) is 0.648. The quantitative estimate of drug-likeness (QED) is 0.582. The Hall–Kier alpha value is -2.34. The average molecular weight is 387 g/mol. The minimum absolute atomic E-state index is 0.117. The Balaban J connectivity index is 1.56. The number of hydrogen-bond acceptors (Lipinski definition) is 4. The van der Waals surface area contributed by atoms with E-state index in [0.29, 0.717) is 29.4 Å². The van der Waals surface area contributed by atoms with Crippen LogP contribution in [0, 0.1) is 13.8 Å². The summed E-state index contributed by atoms with van der Waals surface area (Å²) in [5.41, 5.74) is 3.59. The zero-order chi connectivity index (χ0) is 19.4. The molecular formula is C21H23ClN2O3. The van der Waals surface area contributed by atoms with Gasteiger partial charge in [-0.1, -0.05) is 23.2 Å². The fourth-order valence-corrected chi connectivity index (χ4v) is 3.15. The third-order valence-corrected chi connectivity index (χ3v) is 4.57. The van der Waals surface area contributed by atoms with Gasteiger partial charge in [-0.3, -0.25) is 4.79 Å². The molecule has 0 bridgehead atoms. The highest BCUT2D eigenvalue weighted by Crippen LogP contribution is 2.18. The minimum Gasteiger partial charge on any atom is -0.491 e. The van der Waals surface area contributed by atoms with Gasteiger partial charge in [-0.15, -0.1) is 0 Å². The van der Waals surface area contributed by atoms with E-state index >= 15 is 0 Å². The summed E-state index contributed by atoms with van der Waals surface area (Å²) in [6.45, 7) is 4.86. The summed E-state index contributed by atoms with van der Waals surface area (Å²) in [4.78, 5) is 15.2. The number of benzene rings is 2. The number of aryl methyl sites for hydroxylation is 2. The van der Waals surface area contributed by atoms with E-state index in [1.54, 1.807) is 24.3 Å². The summed E-state index contributed by atoms with van der Waals surface area (Å²) in [6.07, 6.45) is -0.690. The molecule has 0 aliphatic rings. The molecule has 1 atom stereocenters. The third-order valence-electron chi connectivity index (χ3n) is 4.32. The van der Waals surface area contributed by atoms with Gasteiger partial charge in [0, 0.05) is 23.7 Å². The molecule has 1 unspecified atom stereocenters. The first-order valence-corrected chi connectivity index (χ1v) is 9.20. The molecule has 1 heterocycles. The van der Waals surface area contributed by atoms with Crippen LogP contribution in [0.2, 0.25) is 5.02 Å². The van der Waals surface area contributed by atoms with Gasteiger partial charge >= 0.3 is 0 Å². The Kier molecular flexibility index (Phi) is 6.16. The number of H-pyrrole nitrogens is 1. The molecule has 3 aromatic rings. The van der Waals surface area contributed by atoms with Gasteiger partial charge in [0.15, 0.2) is 0 Å². The molecule has 0 amide bonds. The normalized spacial score (nSPS) is 12.3. The van der Waals surface area contributed by atoms with Crippen molar-refractivity contribution in [1.82, 2.24) is 10.3 Å². The molecule has 6 heteroatoms. The fraction of sp³-hybridized carbons (Fsp3) is 0.286. The van der Waals surface area contributed by atoms with E-state index in [1.807, 2.05) is 26.0 Å². The number of pyridine rings is 1. The maximum Gasteiger partial charge on any atom is 0.252 e. The first kappa shape index (κ1) is 19.4. The lowest BCUT2D eigenvalue weighted by atomic mass is 10.1. The van der Waals surface area contributed by atoms with Crippen molar-refractivity contribution >= 4 is 22.5 Å². The SMILES string of the molecule is Cc1cc(C)c2[nH]c(=O)c(CNCC(O)COc3ccc(Cl)cc3)cc2c1. The number of nitrogens with one attached hydrogen (secondary N) is 2. The molecule has 2 aromatic carbocycles. The van der Waals surface area contributed by atoms with Crippen LogP contribution in [0.3, 0.4) is 0 Å². The number of aromatic nitrogens is 1. The Morgan fingerprint density at radius 2 is 1.93 bits per heavy atom. The molecule has 1 aromatic heterocycles. The molecule has 5 nitrogen and oxygen atoms in total. The minimum atomic E-state index is -0.690. The highest BCUT2D eigenvalue weighted by molar-refractivity contribution is 6.30. The number of halogens is 1. The standard InChI is InChI=1S/C21H23ClN2O3/c1-13-7-14(2)20-15(8-13)9-16(21(26)24-20)10-23-11-18(25)12-27-19-5-3-17(22)4-6-19/h3-9,18,23,25H,10-12H2,1-2H3,(H,24,26). The molecular weight excluding hydrogens is 364 g/mol. The predicted octanol–water partition coefficient (Wildman–Crippen LogP) is 3.33. The van der Waals surface area contributed by atoms with Gasteiger partial charge in [-0.2, -0.15) is 0 Å². The van der Waals surface area contributed by atoms with E-state index in [4.69, 9.17) is 16.3 Å². The van der Waals surface area contributed by atoms with Gasteiger partial charge in [0.2, 0.25) is 0 Å². The van der Waals surface area contributed by atoms with Crippen LogP contribution in [0.1, 0.15) is 16.7 Å². The van der Waals surface area contributed by atoms with Crippen LogP contribution in [0.5, 0.6) is 5.75 Å². The van der Waals surface area contributed by atoms with Crippen molar-refractivity contribution in [3.05, 3.63) is 74.5 Å². The Bertz CT molecular complexity index is 983. The summed E-state index contributed by atoms with van der Waals surface area (Å²) in [5, 5.41) is 14.8. The predicted molar refractivity (Wildman–Crippen MR) is 109 cm³/mol. The number of rotatable bonds is 7. The second-order valence-corrected chi connectivity index (χ2v) is 7.16. The molecule has 0 saturated carbocycles. The lowest BCUT2D eigenvalue weighted by Gasteiger charge is -2.13. The summed E-state index contributed by atoms with van der Waals surface area (Å²) >= 11 is 5.82. The summed E-state index contributed by atoms with van der Waals surface area (Å²) in [7, 11) is 0. The lowest BCUT2D eigenvalue weighted by molar-refractivity contribution is 0.106. The highest BCUT2D eigenvalue weighted by Gasteiger charge is 2.08. The van der Waals surface area contributed by atoms with E-state index in [-0.39, 0.29) is 12.2 Å². The maximum absolute atomic E-state index is 12.3. The smallest absolute Gasteiger partial charge is 0.252 e.